The van der Waals surface area contributed by atoms with Crippen LogP contribution in [-0.4, -0.2) is 29.8 Å². The SMILES string of the molecule is COc1ccc(-c2nnc(CCNC(=O)c3ccccc3F)o2)cc1. The second-order valence-electron chi connectivity index (χ2n) is 5.22. The summed E-state index contributed by atoms with van der Waals surface area (Å²) in [7, 11) is 1.59. The quantitative estimate of drug-likeness (QED) is 0.746. The number of methoxy groups -OCH3 is 1. The third kappa shape index (κ3) is 4.00. The molecule has 0 saturated carbocycles. The zero-order valence-electron chi connectivity index (χ0n) is 13.5. The van der Waals surface area contributed by atoms with E-state index >= 15 is 0 Å². The number of ether oxygens (including phenoxy) is 1. The van der Waals surface area contributed by atoms with Crippen LogP contribution in [0.3, 0.4) is 0 Å². The molecule has 1 heterocycles. The Hall–Kier alpha value is -3.22. The number of halogens is 1. The fourth-order valence-corrected chi connectivity index (χ4v) is 2.23. The van der Waals surface area contributed by atoms with Crippen LogP contribution in [0.4, 0.5) is 4.39 Å². The number of hydrogen-bond donors (Lipinski definition) is 1. The van der Waals surface area contributed by atoms with E-state index in [0.717, 1.165) is 11.3 Å². The van der Waals surface area contributed by atoms with Gasteiger partial charge in [0.15, 0.2) is 0 Å². The van der Waals surface area contributed by atoms with E-state index < -0.39 is 11.7 Å². The summed E-state index contributed by atoms with van der Waals surface area (Å²) in [5.41, 5.74) is 0.780. The van der Waals surface area contributed by atoms with Crippen molar-refractivity contribution in [3.63, 3.8) is 0 Å². The molecule has 7 heteroatoms. The van der Waals surface area contributed by atoms with Crippen LogP contribution in [0.1, 0.15) is 16.2 Å². The number of benzene rings is 2. The lowest BCUT2D eigenvalue weighted by Crippen LogP contribution is -2.26. The molecule has 0 atom stereocenters. The van der Waals surface area contributed by atoms with E-state index in [1.165, 1.54) is 18.2 Å². The Morgan fingerprint density at radius 2 is 1.92 bits per heavy atom. The minimum atomic E-state index is -0.556. The van der Waals surface area contributed by atoms with Gasteiger partial charge in [0.05, 0.1) is 12.7 Å². The highest BCUT2D eigenvalue weighted by molar-refractivity contribution is 5.94. The summed E-state index contributed by atoms with van der Waals surface area (Å²) in [6.07, 6.45) is 0.351. The van der Waals surface area contributed by atoms with Gasteiger partial charge in [0.25, 0.3) is 5.91 Å². The molecule has 0 bridgehead atoms. The monoisotopic (exact) mass is 341 g/mol. The molecule has 1 amide bonds. The van der Waals surface area contributed by atoms with Gasteiger partial charge in [-0.3, -0.25) is 4.79 Å². The molecule has 25 heavy (non-hydrogen) atoms. The van der Waals surface area contributed by atoms with Gasteiger partial charge in [0.2, 0.25) is 11.8 Å². The molecule has 0 aliphatic carbocycles. The van der Waals surface area contributed by atoms with E-state index in [0.29, 0.717) is 18.2 Å². The van der Waals surface area contributed by atoms with E-state index in [1.54, 1.807) is 25.3 Å². The number of carbonyl (C=O) groups is 1. The molecule has 0 aliphatic rings. The minimum absolute atomic E-state index is 0.00644. The van der Waals surface area contributed by atoms with Crippen LogP contribution in [0.5, 0.6) is 5.75 Å². The van der Waals surface area contributed by atoms with Crippen LogP contribution in [0, 0.1) is 5.82 Å². The standard InChI is InChI=1S/C18H16FN3O3/c1-24-13-8-6-12(7-9-13)18-22-21-16(25-18)10-11-20-17(23)14-4-2-3-5-15(14)19/h2-9H,10-11H2,1H3,(H,20,23). The summed E-state index contributed by atoms with van der Waals surface area (Å²) in [5.74, 6) is 0.477. The normalized spacial score (nSPS) is 10.5. The lowest BCUT2D eigenvalue weighted by atomic mass is 10.2. The second-order valence-corrected chi connectivity index (χ2v) is 5.22. The highest BCUT2D eigenvalue weighted by atomic mass is 19.1. The molecule has 0 saturated heterocycles. The first-order valence-electron chi connectivity index (χ1n) is 7.67. The first-order chi connectivity index (χ1) is 12.2. The molecule has 128 valence electrons. The van der Waals surface area contributed by atoms with E-state index in [-0.39, 0.29) is 12.1 Å². The van der Waals surface area contributed by atoms with Crippen molar-refractivity contribution in [1.29, 1.82) is 0 Å². The van der Waals surface area contributed by atoms with Crippen molar-refractivity contribution in [1.82, 2.24) is 15.5 Å². The van der Waals surface area contributed by atoms with Gasteiger partial charge < -0.3 is 14.5 Å². The lowest BCUT2D eigenvalue weighted by Gasteiger charge is -2.04. The fraction of sp³-hybridized carbons (Fsp3) is 0.167. The molecule has 2 aromatic carbocycles. The number of nitrogens with one attached hydrogen (secondary N) is 1. The van der Waals surface area contributed by atoms with E-state index in [9.17, 15) is 9.18 Å². The highest BCUT2D eigenvalue weighted by Gasteiger charge is 2.12. The van der Waals surface area contributed by atoms with Gasteiger partial charge in [0.1, 0.15) is 11.6 Å². The number of amides is 1. The summed E-state index contributed by atoms with van der Waals surface area (Å²) in [6, 6.07) is 13.0. The molecule has 0 aliphatic heterocycles. The van der Waals surface area contributed by atoms with Crippen molar-refractivity contribution in [3.05, 3.63) is 65.8 Å². The maximum absolute atomic E-state index is 13.5. The zero-order chi connectivity index (χ0) is 17.6. The van der Waals surface area contributed by atoms with Crippen LogP contribution >= 0.6 is 0 Å². The summed E-state index contributed by atoms with van der Waals surface area (Å²) >= 11 is 0. The van der Waals surface area contributed by atoms with Gasteiger partial charge in [0, 0.05) is 18.5 Å². The molecule has 0 fully saturated rings. The van der Waals surface area contributed by atoms with E-state index in [4.69, 9.17) is 9.15 Å². The summed E-state index contributed by atoms with van der Waals surface area (Å²) in [4.78, 5) is 11.9. The molecule has 1 aromatic heterocycles. The maximum Gasteiger partial charge on any atom is 0.254 e. The van der Waals surface area contributed by atoms with Crippen molar-refractivity contribution in [2.75, 3.05) is 13.7 Å². The Kier molecular flexibility index (Phi) is 5.03. The predicted molar refractivity (Wildman–Crippen MR) is 88.7 cm³/mol. The van der Waals surface area contributed by atoms with Gasteiger partial charge in [-0.15, -0.1) is 10.2 Å². The number of carbonyl (C=O) groups excluding carboxylic acids is 1. The molecule has 0 unspecified atom stereocenters. The Morgan fingerprint density at radius 3 is 2.64 bits per heavy atom. The van der Waals surface area contributed by atoms with E-state index in [2.05, 4.69) is 15.5 Å². The second kappa shape index (κ2) is 7.57. The molecule has 6 nitrogen and oxygen atoms in total. The zero-order valence-corrected chi connectivity index (χ0v) is 13.5. The lowest BCUT2D eigenvalue weighted by molar-refractivity contribution is 0.0949. The van der Waals surface area contributed by atoms with Crippen molar-refractivity contribution < 1.29 is 18.3 Å². The number of hydrogen-bond acceptors (Lipinski definition) is 5. The maximum atomic E-state index is 13.5. The third-order valence-corrected chi connectivity index (χ3v) is 3.55. The van der Waals surface area contributed by atoms with Gasteiger partial charge in [-0.2, -0.15) is 0 Å². The smallest absolute Gasteiger partial charge is 0.254 e. The van der Waals surface area contributed by atoms with Crippen molar-refractivity contribution in [2.24, 2.45) is 0 Å². The Bertz CT molecular complexity index is 862. The summed E-state index contributed by atoms with van der Waals surface area (Å²) in [5, 5.41) is 10.6. The van der Waals surface area contributed by atoms with Crippen LogP contribution in [0.15, 0.2) is 52.9 Å². The van der Waals surface area contributed by atoms with Crippen LogP contribution in [0.2, 0.25) is 0 Å². The predicted octanol–water partition coefficient (Wildman–Crippen LogP) is 2.86. The van der Waals surface area contributed by atoms with Gasteiger partial charge in [-0.25, -0.2) is 4.39 Å². The van der Waals surface area contributed by atoms with Crippen LogP contribution in [-0.2, 0) is 6.42 Å². The van der Waals surface area contributed by atoms with Crippen molar-refractivity contribution in [3.8, 4) is 17.2 Å². The van der Waals surface area contributed by atoms with Crippen molar-refractivity contribution in [2.45, 2.75) is 6.42 Å². The molecule has 0 radical (unpaired) electrons. The Labute approximate surface area is 143 Å². The Morgan fingerprint density at radius 1 is 1.16 bits per heavy atom. The first kappa shape index (κ1) is 16.6. The third-order valence-electron chi connectivity index (χ3n) is 3.55. The van der Waals surface area contributed by atoms with E-state index in [1.807, 2.05) is 12.1 Å². The number of nitrogens with zero attached hydrogens (tertiary/aromatic N) is 2. The topological polar surface area (TPSA) is 77.3 Å². The number of aromatic nitrogens is 2. The summed E-state index contributed by atoms with van der Waals surface area (Å²) in [6.45, 7) is 0.261. The average molecular weight is 341 g/mol. The molecule has 3 aromatic rings. The molecular weight excluding hydrogens is 325 g/mol. The van der Waals surface area contributed by atoms with Crippen LogP contribution in [0.25, 0.3) is 11.5 Å². The minimum Gasteiger partial charge on any atom is -0.497 e. The largest absolute Gasteiger partial charge is 0.497 e. The van der Waals surface area contributed by atoms with Gasteiger partial charge in [-0.1, -0.05) is 12.1 Å². The van der Waals surface area contributed by atoms with Crippen molar-refractivity contribution >= 4 is 5.91 Å². The molecule has 0 spiro atoms. The Balaban J connectivity index is 1.56. The number of rotatable bonds is 6. The highest BCUT2D eigenvalue weighted by Crippen LogP contribution is 2.21. The van der Waals surface area contributed by atoms with Crippen LogP contribution < -0.4 is 10.1 Å². The first-order valence-corrected chi connectivity index (χ1v) is 7.67. The fourth-order valence-electron chi connectivity index (χ4n) is 2.23. The van der Waals surface area contributed by atoms with Gasteiger partial charge >= 0.3 is 0 Å². The summed E-state index contributed by atoms with van der Waals surface area (Å²) < 4.78 is 24.2. The average Bonchev–Trinajstić information content (AvgIpc) is 3.11. The molecule has 1 N–H and O–H groups in total. The molecule has 3 rings (SSSR count). The molecular formula is C18H16FN3O3. The van der Waals surface area contributed by atoms with Gasteiger partial charge in [-0.05, 0) is 36.4 Å².